The molecule has 0 fully saturated rings. The Hall–Kier alpha value is -1.23. The van der Waals surface area contributed by atoms with E-state index in [0.717, 1.165) is 0 Å². The Morgan fingerprint density at radius 1 is 1.57 bits per heavy atom. The number of thioether (sulfide) groups is 1. The molecular formula is C9H11FN2OS. The summed E-state index contributed by atoms with van der Waals surface area (Å²) in [7, 11) is 1.56. The van der Waals surface area contributed by atoms with Crippen LogP contribution in [0.3, 0.4) is 0 Å². The van der Waals surface area contributed by atoms with Crippen molar-refractivity contribution in [1.82, 2.24) is 5.32 Å². The highest BCUT2D eigenvalue weighted by molar-refractivity contribution is 8.00. The number of nitrogens with two attached hydrogens (primary N) is 1. The lowest BCUT2D eigenvalue weighted by Crippen LogP contribution is -2.19. The van der Waals surface area contributed by atoms with Crippen LogP contribution in [0.15, 0.2) is 23.1 Å². The number of amides is 1. The number of halogens is 1. The molecule has 0 bridgehead atoms. The van der Waals surface area contributed by atoms with E-state index >= 15 is 0 Å². The molecule has 0 atom stereocenters. The van der Waals surface area contributed by atoms with Crippen molar-refractivity contribution in [3.8, 4) is 0 Å². The summed E-state index contributed by atoms with van der Waals surface area (Å²) in [6, 6.07) is 4.23. The summed E-state index contributed by atoms with van der Waals surface area (Å²) >= 11 is 1.25. The topological polar surface area (TPSA) is 55.1 Å². The molecule has 0 spiro atoms. The molecule has 5 heteroatoms. The van der Waals surface area contributed by atoms with Crippen LogP contribution in [-0.4, -0.2) is 18.7 Å². The molecule has 0 aliphatic heterocycles. The highest BCUT2D eigenvalue weighted by Gasteiger charge is 2.02. The molecule has 1 aromatic carbocycles. The van der Waals surface area contributed by atoms with Gasteiger partial charge in [0.05, 0.1) is 5.75 Å². The number of carbonyl (C=O) groups is 1. The quantitative estimate of drug-likeness (QED) is 0.588. The maximum Gasteiger partial charge on any atom is 0.230 e. The van der Waals surface area contributed by atoms with Crippen LogP contribution in [0.25, 0.3) is 0 Å². The van der Waals surface area contributed by atoms with E-state index in [4.69, 9.17) is 5.73 Å². The molecule has 0 aromatic heterocycles. The van der Waals surface area contributed by atoms with Gasteiger partial charge in [-0.05, 0) is 18.2 Å². The number of anilines is 1. The molecule has 0 radical (unpaired) electrons. The lowest BCUT2D eigenvalue weighted by atomic mass is 10.3. The van der Waals surface area contributed by atoms with E-state index in [-0.39, 0.29) is 17.5 Å². The first kappa shape index (κ1) is 10.8. The predicted octanol–water partition coefficient (Wildman–Crippen LogP) is 1.25. The van der Waals surface area contributed by atoms with E-state index in [1.807, 2.05) is 0 Å². The largest absolute Gasteiger partial charge is 0.399 e. The van der Waals surface area contributed by atoms with Crippen LogP contribution in [0.1, 0.15) is 0 Å². The summed E-state index contributed by atoms with van der Waals surface area (Å²) in [5.41, 5.74) is 5.81. The van der Waals surface area contributed by atoms with Crippen molar-refractivity contribution in [2.24, 2.45) is 0 Å². The van der Waals surface area contributed by atoms with Crippen LogP contribution in [-0.2, 0) is 4.79 Å². The maximum absolute atomic E-state index is 12.8. The molecule has 3 N–H and O–H groups in total. The zero-order valence-corrected chi connectivity index (χ0v) is 8.53. The monoisotopic (exact) mass is 214 g/mol. The summed E-state index contributed by atoms with van der Waals surface area (Å²) in [4.78, 5) is 11.6. The maximum atomic E-state index is 12.8. The van der Waals surface area contributed by atoms with Gasteiger partial charge in [-0.1, -0.05) is 0 Å². The van der Waals surface area contributed by atoms with Gasteiger partial charge in [0.25, 0.3) is 0 Å². The second-order valence-corrected chi connectivity index (χ2v) is 3.73. The molecule has 1 rings (SSSR count). The highest BCUT2D eigenvalue weighted by Crippen LogP contribution is 2.21. The van der Waals surface area contributed by atoms with Gasteiger partial charge in [-0.2, -0.15) is 0 Å². The van der Waals surface area contributed by atoms with Crippen LogP contribution in [0, 0.1) is 5.82 Å². The fourth-order valence-corrected chi connectivity index (χ4v) is 1.75. The van der Waals surface area contributed by atoms with Gasteiger partial charge >= 0.3 is 0 Å². The predicted molar refractivity (Wildman–Crippen MR) is 55.6 cm³/mol. The number of nitrogens with one attached hydrogen (secondary N) is 1. The molecule has 14 heavy (non-hydrogen) atoms. The lowest BCUT2D eigenvalue weighted by Gasteiger charge is -2.02. The van der Waals surface area contributed by atoms with Crippen molar-refractivity contribution < 1.29 is 9.18 Å². The average molecular weight is 214 g/mol. The van der Waals surface area contributed by atoms with Gasteiger partial charge in [0, 0.05) is 17.6 Å². The third-order valence-electron chi connectivity index (χ3n) is 1.54. The standard InChI is InChI=1S/C9H11FN2OS/c1-12-9(13)5-14-8-3-6(10)2-7(11)4-8/h2-4H,5,11H2,1H3,(H,12,13). The van der Waals surface area contributed by atoms with E-state index in [1.54, 1.807) is 13.1 Å². The van der Waals surface area contributed by atoms with Crippen LogP contribution < -0.4 is 11.1 Å². The minimum atomic E-state index is -0.385. The Morgan fingerprint density at radius 2 is 2.29 bits per heavy atom. The Labute approximate surface area is 85.9 Å². The van der Waals surface area contributed by atoms with E-state index in [1.165, 1.54) is 23.9 Å². The van der Waals surface area contributed by atoms with Crippen molar-refractivity contribution in [2.75, 3.05) is 18.5 Å². The first-order chi connectivity index (χ1) is 6.61. The lowest BCUT2D eigenvalue weighted by molar-refractivity contribution is -0.118. The van der Waals surface area contributed by atoms with Crippen LogP contribution in [0.5, 0.6) is 0 Å². The zero-order valence-electron chi connectivity index (χ0n) is 7.71. The van der Waals surface area contributed by atoms with Gasteiger partial charge in [0.2, 0.25) is 5.91 Å². The molecule has 0 heterocycles. The van der Waals surface area contributed by atoms with Gasteiger partial charge < -0.3 is 11.1 Å². The fraction of sp³-hybridized carbons (Fsp3) is 0.222. The number of benzene rings is 1. The summed E-state index contributed by atoms with van der Waals surface area (Å²) in [6.07, 6.45) is 0. The van der Waals surface area contributed by atoms with E-state index in [9.17, 15) is 9.18 Å². The molecular weight excluding hydrogens is 203 g/mol. The van der Waals surface area contributed by atoms with Crippen LogP contribution in [0.2, 0.25) is 0 Å². The van der Waals surface area contributed by atoms with Gasteiger partial charge in [-0.3, -0.25) is 4.79 Å². The Kier molecular flexibility index (Phi) is 3.76. The number of hydrogen-bond donors (Lipinski definition) is 2. The highest BCUT2D eigenvalue weighted by atomic mass is 32.2. The fourth-order valence-electron chi connectivity index (χ4n) is 0.889. The smallest absolute Gasteiger partial charge is 0.230 e. The summed E-state index contributed by atoms with van der Waals surface area (Å²) < 4.78 is 12.8. The van der Waals surface area contributed by atoms with Gasteiger partial charge in [0.1, 0.15) is 5.82 Å². The Balaban J connectivity index is 2.63. The number of carbonyl (C=O) groups excluding carboxylic acids is 1. The third-order valence-corrected chi connectivity index (χ3v) is 2.52. The molecule has 0 aliphatic carbocycles. The van der Waals surface area contributed by atoms with Crippen LogP contribution in [0.4, 0.5) is 10.1 Å². The van der Waals surface area contributed by atoms with E-state index < -0.39 is 0 Å². The minimum absolute atomic E-state index is 0.0992. The third kappa shape index (κ3) is 3.26. The van der Waals surface area contributed by atoms with Crippen molar-refractivity contribution in [2.45, 2.75) is 4.90 Å². The van der Waals surface area contributed by atoms with Gasteiger partial charge in [0.15, 0.2) is 0 Å². The second kappa shape index (κ2) is 4.85. The summed E-state index contributed by atoms with van der Waals surface area (Å²) in [5, 5.41) is 2.48. The normalized spacial score (nSPS) is 9.86. The molecule has 0 saturated carbocycles. The molecule has 0 aliphatic rings. The number of nitrogen functional groups attached to an aromatic ring is 1. The molecule has 1 aromatic rings. The van der Waals surface area contributed by atoms with Crippen LogP contribution >= 0.6 is 11.8 Å². The zero-order chi connectivity index (χ0) is 10.6. The molecule has 0 saturated heterocycles. The molecule has 3 nitrogen and oxygen atoms in total. The number of hydrogen-bond acceptors (Lipinski definition) is 3. The summed E-state index contributed by atoms with van der Waals surface area (Å²) in [6.45, 7) is 0. The van der Waals surface area contributed by atoms with Crippen molar-refractivity contribution in [3.63, 3.8) is 0 Å². The summed E-state index contributed by atoms with van der Waals surface area (Å²) in [5.74, 6) is -0.221. The Bertz CT molecular complexity index is 323. The molecule has 0 unspecified atom stereocenters. The first-order valence-corrected chi connectivity index (χ1v) is 5.00. The molecule has 1 amide bonds. The second-order valence-electron chi connectivity index (χ2n) is 2.68. The van der Waals surface area contributed by atoms with Crippen molar-refractivity contribution >= 4 is 23.4 Å². The Morgan fingerprint density at radius 3 is 2.86 bits per heavy atom. The van der Waals surface area contributed by atoms with Crippen molar-refractivity contribution in [3.05, 3.63) is 24.0 Å². The first-order valence-electron chi connectivity index (χ1n) is 4.01. The van der Waals surface area contributed by atoms with Crippen molar-refractivity contribution in [1.29, 1.82) is 0 Å². The average Bonchev–Trinajstić information content (AvgIpc) is 2.12. The SMILES string of the molecule is CNC(=O)CSc1cc(N)cc(F)c1. The number of rotatable bonds is 3. The van der Waals surface area contributed by atoms with Gasteiger partial charge in [-0.15, -0.1) is 11.8 Å². The molecule has 76 valence electrons. The van der Waals surface area contributed by atoms with E-state index in [2.05, 4.69) is 5.32 Å². The van der Waals surface area contributed by atoms with Gasteiger partial charge in [-0.25, -0.2) is 4.39 Å². The van der Waals surface area contributed by atoms with E-state index in [0.29, 0.717) is 10.6 Å². The minimum Gasteiger partial charge on any atom is -0.399 e.